The van der Waals surface area contributed by atoms with Crippen LogP contribution < -0.4 is 14.8 Å². The number of carbonyl (C=O) groups is 1. The highest BCUT2D eigenvalue weighted by molar-refractivity contribution is 8.00. The SMILES string of the molecule is COc1ccc(OC)c(CCNC(=O)c2cc3cccc4c3n2CC(C)S4)c1. The van der Waals surface area contributed by atoms with E-state index in [-0.39, 0.29) is 5.91 Å². The van der Waals surface area contributed by atoms with E-state index in [1.807, 2.05) is 36.0 Å². The summed E-state index contributed by atoms with van der Waals surface area (Å²) in [5.41, 5.74) is 2.91. The van der Waals surface area contributed by atoms with Crippen molar-refractivity contribution in [2.45, 2.75) is 30.0 Å². The van der Waals surface area contributed by atoms with Crippen molar-refractivity contribution < 1.29 is 14.3 Å². The van der Waals surface area contributed by atoms with E-state index in [1.54, 1.807) is 14.2 Å². The molecule has 1 atom stereocenters. The molecule has 1 amide bonds. The third-order valence-corrected chi connectivity index (χ3v) is 6.19. The molecule has 2 heterocycles. The van der Waals surface area contributed by atoms with E-state index < -0.39 is 0 Å². The zero-order valence-corrected chi connectivity index (χ0v) is 17.1. The van der Waals surface area contributed by atoms with Crippen LogP contribution in [0.25, 0.3) is 10.9 Å². The normalized spacial score (nSPS) is 15.5. The maximum atomic E-state index is 12.9. The van der Waals surface area contributed by atoms with Gasteiger partial charge >= 0.3 is 0 Å². The number of para-hydroxylation sites is 1. The number of benzene rings is 2. The van der Waals surface area contributed by atoms with Crippen LogP contribution in [0.15, 0.2) is 47.4 Å². The minimum absolute atomic E-state index is 0.0388. The Balaban J connectivity index is 1.51. The second kappa shape index (κ2) is 7.80. The molecule has 0 saturated heterocycles. The molecule has 6 heteroatoms. The van der Waals surface area contributed by atoms with Gasteiger partial charge in [0, 0.05) is 28.6 Å². The van der Waals surface area contributed by atoms with Gasteiger partial charge in [-0.15, -0.1) is 11.8 Å². The number of hydrogen-bond acceptors (Lipinski definition) is 4. The average molecular weight is 397 g/mol. The Morgan fingerprint density at radius 3 is 2.86 bits per heavy atom. The Morgan fingerprint density at radius 1 is 1.21 bits per heavy atom. The minimum Gasteiger partial charge on any atom is -0.497 e. The third-order valence-electron chi connectivity index (χ3n) is 5.05. The average Bonchev–Trinajstić information content (AvgIpc) is 3.07. The predicted molar refractivity (Wildman–Crippen MR) is 113 cm³/mol. The molecule has 0 bridgehead atoms. The molecular formula is C22H24N2O3S. The van der Waals surface area contributed by atoms with E-state index in [1.165, 1.54) is 10.4 Å². The van der Waals surface area contributed by atoms with Crippen LogP contribution >= 0.6 is 11.8 Å². The van der Waals surface area contributed by atoms with Crippen LogP contribution in [0.1, 0.15) is 23.0 Å². The summed E-state index contributed by atoms with van der Waals surface area (Å²) < 4.78 is 12.9. The van der Waals surface area contributed by atoms with Crippen molar-refractivity contribution >= 4 is 28.6 Å². The van der Waals surface area contributed by atoms with Gasteiger partial charge in [-0.2, -0.15) is 0 Å². The zero-order valence-electron chi connectivity index (χ0n) is 16.3. The molecule has 0 radical (unpaired) electrons. The summed E-state index contributed by atoms with van der Waals surface area (Å²) in [5, 5.41) is 4.63. The molecule has 28 heavy (non-hydrogen) atoms. The topological polar surface area (TPSA) is 52.5 Å². The molecule has 0 aliphatic carbocycles. The Morgan fingerprint density at radius 2 is 2.07 bits per heavy atom. The molecule has 1 aliphatic heterocycles. The summed E-state index contributed by atoms with van der Waals surface area (Å²) in [5.74, 6) is 1.54. The molecule has 1 aliphatic rings. The van der Waals surface area contributed by atoms with E-state index in [2.05, 4.69) is 35.0 Å². The molecule has 0 spiro atoms. The van der Waals surface area contributed by atoms with Gasteiger partial charge in [0.2, 0.25) is 0 Å². The first-order valence-corrected chi connectivity index (χ1v) is 10.3. The number of nitrogens with one attached hydrogen (secondary N) is 1. The van der Waals surface area contributed by atoms with Crippen molar-refractivity contribution in [1.82, 2.24) is 9.88 Å². The number of ether oxygens (including phenoxy) is 2. The van der Waals surface area contributed by atoms with Gasteiger partial charge in [-0.25, -0.2) is 0 Å². The quantitative estimate of drug-likeness (QED) is 0.681. The van der Waals surface area contributed by atoms with Gasteiger partial charge < -0.3 is 19.4 Å². The van der Waals surface area contributed by atoms with Crippen molar-refractivity contribution in [1.29, 1.82) is 0 Å². The molecule has 0 saturated carbocycles. The van der Waals surface area contributed by atoms with Gasteiger partial charge in [0.05, 0.1) is 19.7 Å². The molecule has 1 aromatic heterocycles. The molecule has 146 valence electrons. The third kappa shape index (κ3) is 3.44. The molecule has 1 unspecified atom stereocenters. The lowest BCUT2D eigenvalue weighted by atomic mass is 10.1. The standard InChI is InChI=1S/C22H24N2O3S/c1-14-13-24-18(12-16-5-4-6-20(28-14)21(16)24)22(25)23-10-9-15-11-17(26-2)7-8-19(15)27-3/h4-8,11-12,14H,9-10,13H2,1-3H3,(H,23,25). The molecular weight excluding hydrogens is 372 g/mol. The van der Waals surface area contributed by atoms with Crippen molar-refractivity contribution in [2.75, 3.05) is 20.8 Å². The second-order valence-corrected chi connectivity index (χ2v) is 8.43. The fraction of sp³-hybridized carbons (Fsp3) is 0.318. The fourth-order valence-electron chi connectivity index (χ4n) is 3.75. The largest absolute Gasteiger partial charge is 0.497 e. The molecule has 0 fully saturated rings. The van der Waals surface area contributed by atoms with Gasteiger partial charge in [-0.1, -0.05) is 19.1 Å². The molecule has 4 rings (SSSR count). The number of thioether (sulfide) groups is 1. The maximum absolute atomic E-state index is 12.9. The number of hydrogen-bond donors (Lipinski definition) is 1. The summed E-state index contributed by atoms with van der Waals surface area (Å²) in [7, 11) is 3.29. The Kier molecular flexibility index (Phi) is 5.22. The fourth-order valence-corrected chi connectivity index (χ4v) is 4.91. The Hall–Kier alpha value is -2.60. The summed E-state index contributed by atoms with van der Waals surface area (Å²) in [6.07, 6.45) is 0.670. The van der Waals surface area contributed by atoms with E-state index in [4.69, 9.17) is 9.47 Å². The lowest BCUT2D eigenvalue weighted by Crippen LogP contribution is -2.29. The summed E-state index contributed by atoms with van der Waals surface area (Å²) in [6.45, 7) is 3.57. The van der Waals surface area contributed by atoms with Crippen LogP contribution in [0.5, 0.6) is 11.5 Å². The van der Waals surface area contributed by atoms with E-state index in [0.717, 1.165) is 34.7 Å². The smallest absolute Gasteiger partial charge is 0.267 e. The first kappa shape index (κ1) is 18.7. The number of aromatic nitrogens is 1. The van der Waals surface area contributed by atoms with Crippen LogP contribution in [-0.4, -0.2) is 36.5 Å². The van der Waals surface area contributed by atoms with Crippen molar-refractivity contribution in [2.24, 2.45) is 0 Å². The summed E-state index contributed by atoms with van der Waals surface area (Å²) in [6, 6.07) is 14.0. The van der Waals surface area contributed by atoms with Crippen LogP contribution in [0.2, 0.25) is 0 Å². The van der Waals surface area contributed by atoms with Crippen LogP contribution in [0.4, 0.5) is 0 Å². The van der Waals surface area contributed by atoms with Crippen LogP contribution in [-0.2, 0) is 13.0 Å². The maximum Gasteiger partial charge on any atom is 0.267 e. The number of carbonyl (C=O) groups excluding carboxylic acids is 1. The van der Waals surface area contributed by atoms with Crippen LogP contribution in [0.3, 0.4) is 0 Å². The van der Waals surface area contributed by atoms with Crippen molar-refractivity contribution in [3.63, 3.8) is 0 Å². The Bertz CT molecular complexity index is 1030. The van der Waals surface area contributed by atoms with E-state index >= 15 is 0 Å². The second-order valence-electron chi connectivity index (χ2n) is 6.95. The van der Waals surface area contributed by atoms with Crippen molar-refractivity contribution in [3.05, 3.63) is 53.7 Å². The first-order valence-electron chi connectivity index (χ1n) is 9.38. The molecule has 5 nitrogen and oxygen atoms in total. The molecule has 2 aromatic carbocycles. The highest BCUT2D eigenvalue weighted by Crippen LogP contribution is 2.38. The summed E-state index contributed by atoms with van der Waals surface area (Å²) in [4.78, 5) is 14.2. The van der Waals surface area contributed by atoms with Gasteiger partial charge in [0.15, 0.2) is 0 Å². The number of rotatable bonds is 6. The van der Waals surface area contributed by atoms with E-state index in [9.17, 15) is 4.79 Å². The van der Waals surface area contributed by atoms with Crippen molar-refractivity contribution in [3.8, 4) is 11.5 Å². The van der Waals surface area contributed by atoms with E-state index in [0.29, 0.717) is 18.2 Å². The number of amides is 1. The molecule has 1 N–H and O–H groups in total. The number of nitrogens with zero attached hydrogens (tertiary/aromatic N) is 1. The molecule has 3 aromatic rings. The highest BCUT2D eigenvalue weighted by Gasteiger charge is 2.23. The predicted octanol–water partition coefficient (Wildman–Crippen LogP) is 4.13. The lowest BCUT2D eigenvalue weighted by Gasteiger charge is -2.22. The van der Waals surface area contributed by atoms with Gasteiger partial charge in [-0.3, -0.25) is 4.79 Å². The Labute approximate surface area is 169 Å². The first-order chi connectivity index (χ1) is 13.6. The van der Waals surface area contributed by atoms with Gasteiger partial charge in [0.25, 0.3) is 5.91 Å². The minimum atomic E-state index is -0.0388. The van der Waals surface area contributed by atoms with Gasteiger partial charge in [0.1, 0.15) is 17.2 Å². The highest BCUT2D eigenvalue weighted by atomic mass is 32.2. The summed E-state index contributed by atoms with van der Waals surface area (Å²) >= 11 is 1.87. The number of methoxy groups -OCH3 is 2. The monoisotopic (exact) mass is 396 g/mol. The van der Waals surface area contributed by atoms with Crippen LogP contribution in [0, 0.1) is 0 Å². The lowest BCUT2D eigenvalue weighted by molar-refractivity contribution is 0.0945. The van der Waals surface area contributed by atoms with Gasteiger partial charge in [-0.05, 0) is 42.3 Å². The zero-order chi connectivity index (χ0) is 19.7.